The average molecular weight is 282 g/mol. The van der Waals surface area contributed by atoms with Gasteiger partial charge < -0.3 is 10.1 Å². The van der Waals surface area contributed by atoms with Gasteiger partial charge in [0.1, 0.15) is 0 Å². The fourth-order valence-electron chi connectivity index (χ4n) is 4.07. The van der Waals surface area contributed by atoms with Crippen molar-refractivity contribution in [2.45, 2.75) is 71.0 Å². The molecule has 2 fully saturated rings. The number of ether oxygens (including phenoxy) is 1. The molecule has 1 saturated heterocycles. The number of hydrogen-bond acceptors (Lipinski definition) is 3. The molecule has 3 unspecified atom stereocenters. The molecule has 20 heavy (non-hydrogen) atoms. The summed E-state index contributed by atoms with van der Waals surface area (Å²) in [6.07, 6.45) is 7.17. The van der Waals surface area contributed by atoms with Gasteiger partial charge in [0.2, 0.25) is 0 Å². The van der Waals surface area contributed by atoms with Gasteiger partial charge in [-0.1, -0.05) is 33.1 Å². The van der Waals surface area contributed by atoms with Crippen molar-refractivity contribution in [1.82, 2.24) is 10.2 Å². The molecule has 3 atom stereocenters. The van der Waals surface area contributed by atoms with E-state index in [0.717, 1.165) is 19.1 Å². The second-order valence-corrected chi connectivity index (χ2v) is 7.23. The molecule has 0 amide bonds. The normalized spacial score (nSPS) is 31.6. The topological polar surface area (TPSA) is 24.5 Å². The van der Waals surface area contributed by atoms with Crippen LogP contribution in [0.25, 0.3) is 0 Å². The molecule has 0 spiro atoms. The van der Waals surface area contributed by atoms with Gasteiger partial charge in [-0.05, 0) is 31.6 Å². The van der Waals surface area contributed by atoms with Gasteiger partial charge in [-0.2, -0.15) is 0 Å². The number of methoxy groups -OCH3 is 1. The van der Waals surface area contributed by atoms with Crippen LogP contribution in [0, 0.1) is 11.8 Å². The maximum absolute atomic E-state index is 5.49. The molecule has 3 heteroatoms. The van der Waals surface area contributed by atoms with Gasteiger partial charge in [-0.3, -0.25) is 4.90 Å². The van der Waals surface area contributed by atoms with Gasteiger partial charge in [0.05, 0.1) is 6.61 Å². The molecule has 0 aromatic carbocycles. The maximum Gasteiger partial charge on any atom is 0.0620 e. The minimum atomic E-state index is 0.559. The smallest absolute Gasteiger partial charge is 0.0620 e. The lowest BCUT2D eigenvalue weighted by Crippen LogP contribution is -2.62. The largest absolute Gasteiger partial charge is 0.383 e. The van der Waals surface area contributed by atoms with E-state index in [1.54, 1.807) is 0 Å². The summed E-state index contributed by atoms with van der Waals surface area (Å²) < 4.78 is 5.49. The maximum atomic E-state index is 5.49. The highest BCUT2D eigenvalue weighted by Crippen LogP contribution is 2.29. The van der Waals surface area contributed by atoms with Crippen molar-refractivity contribution in [1.29, 1.82) is 0 Å². The SMILES string of the molecule is COCC(C(C)C)N1CC(C2CCCCC2)NCC1C. The van der Waals surface area contributed by atoms with E-state index in [9.17, 15) is 0 Å². The Bertz CT molecular complexity index is 276. The Morgan fingerprint density at radius 1 is 1.20 bits per heavy atom. The lowest BCUT2D eigenvalue weighted by Gasteiger charge is -2.47. The van der Waals surface area contributed by atoms with Crippen LogP contribution in [-0.4, -0.2) is 49.8 Å². The first-order chi connectivity index (χ1) is 9.63. The Labute approximate surface area is 125 Å². The minimum absolute atomic E-state index is 0.559. The van der Waals surface area contributed by atoms with Gasteiger partial charge in [0, 0.05) is 38.3 Å². The van der Waals surface area contributed by atoms with Crippen LogP contribution in [0.4, 0.5) is 0 Å². The van der Waals surface area contributed by atoms with E-state index in [1.165, 1.54) is 38.6 Å². The van der Waals surface area contributed by atoms with E-state index in [-0.39, 0.29) is 0 Å². The number of rotatable bonds is 5. The first-order valence-corrected chi connectivity index (χ1v) is 8.61. The van der Waals surface area contributed by atoms with Crippen LogP contribution in [0.2, 0.25) is 0 Å². The minimum Gasteiger partial charge on any atom is -0.383 e. The summed E-state index contributed by atoms with van der Waals surface area (Å²) in [6.45, 7) is 10.2. The molecule has 1 aliphatic heterocycles. The number of piperazine rings is 1. The molecule has 0 aromatic rings. The lowest BCUT2D eigenvalue weighted by molar-refractivity contribution is 0.00692. The third kappa shape index (κ3) is 3.96. The fraction of sp³-hybridized carbons (Fsp3) is 1.00. The molecule has 0 radical (unpaired) electrons. The van der Waals surface area contributed by atoms with E-state index in [1.807, 2.05) is 7.11 Å². The third-order valence-electron chi connectivity index (χ3n) is 5.40. The zero-order chi connectivity index (χ0) is 14.5. The molecule has 118 valence electrons. The molecule has 1 heterocycles. The van der Waals surface area contributed by atoms with E-state index in [0.29, 0.717) is 24.0 Å². The first-order valence-electron chi connectivity index (χ1n) is 8.61. The van der Waals surface area contributed by atoms with Gasteiger partial charge in [0.15, 0.2) is 0 Å². The summed E-state index contributed by atoms with van der Waals surface area (Å²) in [4.78, 5) is 2.71. The summed E-state index contributed by atoms with van der Waals surface area (Å²) in [7, 11) is 1.83. The number of hydrogen-bond donors (Lipinski definition) is 1. The quantitative estimate of drug-likeness (QED) is 0.839. The second kappa shape index (κ2) is 7.77. The highest BCUT2D eigenvalue weighted by molar-refractivity contribution is 4.92. The van der Waals surface area contributed by atoms with Crippen LogP contribution in [0.1, 0.15) is 52.9 Å². The fourth-order valence-corrected chi connectivity index (χ4v) is 4.07. The molecular weight excluding hydrogens is 248 g/mol. The standard InChI is InChI=1S/C17H34N2O/c1-13(2)17(12-20-4)19-11-16(18-10-14(19)3)15-8-6-5-7-9-15/h13-18H,5-12H2,1-4H3. The molecule has 1 N–H and O–H groups in total. The first kappa shape index (κ1) is 16.3. The monoisotopic (exact) mass is 282 g/mol. The predicted octanol–water partition coefficient (Wildman–Crippen LogP) is 2.90. The van der Waals surface area contributed by atoms with Gasteiger partial charge >= 0.3 is 0 Å². The molecule has 3 nitrogen and oxygen atoms in total. The van der Waals surface area contributed by atoms with Gasteiger partial charge in [0.25, 0.3) is 0 Å². The van der Waals surface area contributed by atoms with Gasteiger partial charge in [-0.15, -0.1) is 0 Å². The molecule has 1 saturated carbocycles. The van der Waals surface area contributed by atoms with Crippen molar-refractivity contribution in [3.63, 3.8) is 0 Å². The van der Waals surface area contributed by atoms with Crippen molar-refractivity contribution < 1.29 is 4.74 Å². The average Bonchev–Trinajstić information content (AvgIpc) is 2.46. The van der Waals surface area contributed by atoms with E-state index in [4.69, 9.17) is 4.74 Å². The van der Waals surface area contributed by atoms with E-state index >= 15 is 0 Å². The Morgan fingerprint density at radius 2 is 1.90 bits per heavy atom. The summed E-state index contributed by atoms with van der Waals surface area (Å²) in [5.41, 5.74) is 0. The van der Waals surface area contributed by atoms with E-state index in [2.05, 4.69) is 31.0 Å². The summed E-state index contributed by atoms with van der Waals surface area (Å²) >= 11 is 0. The molecule has 1 aliphatic carbocycles. The third-order valence-corrected chi connectivity index (χ3v) is 5.40. The van der Waals surface area contributed by atoms with Crippen LogP contribution >= 0.6 is 0 Å². The Hall–Kier alpha value is -0.120. The summed E-state index contributed by atoms with van der Waals surface area (Å²) in [6, 6.07) is 1.88. The van der Waals surface area contributed by atoms with Crippen LogP contribution in [0.15, 0.2) is 0 Å². The molecule has 2 aliphatic rings. The van der Waals surface area contributed by atoms with Crippen molar-refractivity contribution in [3.05, 3.63) is 0 Å². The molecule has 0 aromatic heterocycles. The van der Waals surface area contributed by atoms with Crippen LogP contribution in [-0.2, 0) is 4.74 Å². The van der Waals surface area contributed by atoms with E-state index < -0.39 is 0 Å². The Kier molecular flexibility index (Phi) is 6.31. The zero-order valence-electron chi connectivity index (χ0n) is 13.9. The van der Waals surface area contributed by atoms with Crippen LogP contribution < -0.4 is 5.32 Å². The number of nitrogens with zero attached hydrogens (tertiary/aromatic N) is 1. The zero-order valence-corrected chi connectivity index (χ0v) is 13.9. The van der Waals surface area contributed by atoms with Gasteiger partial charge in [-0.25, -0.2) is 0 Å². The van der Waals surface area contributed by atoms with Crippen molar-refractivity contribution in [2.75, 3.05) is 26.8 Å². The highest BCUT2D eigenvalue weighted by atomic mass is 16.5. The predicted molar refractivity (Wildman–Crippen MR) is 85.0 cm³/mol. The molecule has 0 bridgehead atoms. The summed E-state index contributed by atoms with van der Waals surface area (Å²) in [5, 5.41) is 3.82. The van der Waals surface area contributed by atoms with Crippen LogP contribution in [0.5, 0.6) is 0 Å². The summed E-state index contributed by atoms with van der Waals surface area (Å²) in [5.74, 6) is 1.55. The molecule has 2 rings (SSSR count). The van der Waals surface area contributed by atoms with Crippen molar-refractivity contribution >= 4 is 0 Å². The Balaban J connectivity index is 1.99. The van der Waals surface area contributed by atoms with Crippen LogP contribution in [0.3, 0.4) is 0 Å². The van der Waals surface area contributed by atoms with Crippen molar-refractivity contribution in [2.24, 2.45) is 11.8 Å². The second-order valence-electron chi connectivity index (χ2n) is 7.23. The van der Waals surface area contributed by atoms with Crippen molar-refractivity contribution in [3.8, 4) is 0 Å². The molecular formula is C17H34N2O. The Morgan fingerprint density at radius 3 is 2.50 bits per heavy atom. The lowest BCUT2D eigenvalue weighted by atomic mass is 9.82. The highest BCUT2D eigenvalue weighted by Gasteiger charge is 2.35. The number of nitrogens with one attached hydrogen (secondary N) is 1.